The van der Waals surface area contributed by atoms with Crippen LogP contribution in [0.1, 0.15) is 33.2 Å². The van der Waals surface area contributed by atoms with Crippen molar-refractivity contribution in [1.82, 2.24) is 9.80 Å². The van der Waals surface area contributed by atoms with Crippen LogP contribution >= 0.6 is 0 Å². The van der Waals surface area contributed by atoms with Crippen LogP contribution in [0.2, 0.25) is 0 Å². The van der Waals surface area contributed by atoms with Gasteiger partial charge in [-0.3, -0.25) is 24.1 Å². The van der Waals surface area contributed by atoms with Gasteiger partial charge in [0.05, 0.1) is 25.3 Å². The van der Waals surface area contributed by atoms with Crippen LogP contribution in [-0.2, 0) is 20.9 Å². The number of hydrogen-bond acceptors (Lipinski definition) is 7. The van der Waals surface area contributed by atoms with Crippen LogP contribution in [0.5, 0.6) is 11.5 Å². The number of methoxy groups -OCH3 is 2. The number of fused-ring (bicyclic) bond motifs is 1. The molecule has 3 amide bonds. The Morgan fingerprint density at radius 2 is 1.56 bits per heavy atom. The molecule has 0 aromatic heterocycles. The molecule has 0 saturated heterocycles. The second-order valence-electron chi connectivity index (χ2n) is 7.00. The summed E-state index contributed by atoms with van der Waals surface area (Å²) in [5, 5.41) is 0. The predicted octanol–water partition coefficient (Wildman–Crippen LogP) is 1.89. The molecule has 32 heavy (non-hydrogen) atoms. The fraction of sp³-hybridized carbons (Fsp3) is 0.304. The third kappa shape index (κ3) is 4.72. The third-order valence-electron chi connectivity index (χ3n) is 5.08. The number of likely N-dealkylation sites (N-methyl/N-ethyl adjacent to an activating group) is 1. The van der Waals surface area contributed by atoms with E-state index in [1.165, 1.54) is 31.3 Å². The van der Waals surface area contributed by atoms with E-state index >= 15 is 0 Å². The molecule has 0 atom stereocenters. The first-order valence-corrected chi connectivity index (χ1v) is 9.99. The largest absolute Gasteiger partial charge is 0.493 e. The summed E-state index contributed by atoms with van der Waals surface area (Å²) in [5.41, 5.74) is 1.30. The first kappa shape index (κ1) is 22.8. The SMILES string of the molecule is CCN(Cc1ccc(OC)c(OC)c1)C(=O)COC(=O)CN1C(=O)c2ccccc2C1=O. The molecule has 3 rings (SSSR count). The van der Waals surface area contributed by atoms with Crippen LogP contribution in [0.4, 0.5) is 0 Å². The van der Waals surface area contributed by atoms with Gasteiger partial charge in [-0.2, -0.15) is 0 Å². The lowest BCUT2D eigenvalue weighted by molar-refractivity contribution is -0.152. The van der Waals surface area contributed by atoms with E-state index in [0.717, 1.165) is 10.5 Å². The summed E-state index contributed by atoms with van der Waals surface area (Å²) in [6, 6.07) is 11.7. The van der Waals surface area contributed by atoms with E-state index in [1.54, 1.807) is 31.2 Å². The molecule has 1 heterocycles. The minimum absolute atomic E-state index is 0.244. The van der Waals surface area contributed by atoms with Gasteiger partial charge in [0.25, 0.3) is 17.7 Å². The van der Waals surface area contributed by atoms with Crippen LogP contribution in [-0.4, -0.2) is 67.4 Å². The Bertz CT molecular complexity index is 1020. The number of carbonyl (C=O) groups is 4. The average molecular weight is 440 g/mol. The topological polar surface area (TPSA) is 102 Å². The average Bonchev–Trinajstić information content (AvgIpc) is 3.05. The summed E-state index contributed by atoms with van der Waals surface area (Å²) in [7, 11) is 3.06. The lowest BCUT2D eigenvalue weighted by Crippen LogP contribution is -2.38. The van der Waals surface area contributed by atoms with Gasteiger partial charge in [0.2, 0.25) is 0 Å². The van der Waals surface area contributed by atoms with E-state index in [-0.39, 0.29) is 17.7 Å². The zero-order chi connectivity index (χ0) is 23.3. The van der Waals surface area contributed by atoms with E-state index in [9.17, 15) is 19.2 Å². The Kier molecular flexibility index (Phi) is 7.09. The summed E-state index contributed by atoms with van der Waals surface area (Å²) in [6.45, 7) is 1.43. The second-order valence-corrected chi connectivity index (χ2v) is 7.00. The van der Waals surface area contributed by atoms with Gasteiger partial charge in [0.1, 0.15) is 6.54 Å². The van der Waals surface area contributed by atoms with Crippen molar-refractivity contribution in [2.75, 3.05) is 33.9 Å². The van der Waals surface area contributed by atoms with Gasteiger partial charge in [-0.1, -0.05) is 18.2 Å². The smallest absolute Gasteiger partial charge is 0.326 e. The molecular formula is C23H24N2O7. The van der Waals surface area contributed by atoms with E-state index < -0.39 is 36.8 Å². The van der Waals surface area contributed by atoms with Gasteiger partial charge in [-0.25, -0.2) is 0 Å². The summed E-state index contributed by atoms with van der Waals surface area (Å²) in [4.78, 5) is 51.8. The van der Waals surface area contributed by atoms with Crippen LogP contribution in [0, 0.1) is 0 Å². The molecule has 0 spiro atoms. The number of hydrogen-bond donors (Lipinski definition) is 0. The van der Waals surface area contributed by atoms with Crippen molar-refractivity contribution < 1.29 is 33.4 Å². The first-order valence-electron chi connectivity index (χ1n) is 9.99. The molecule has 1 aliphatic heterocycles. The summed E-state index contributed by atoms with van der Waals surface area (Å²) < 4.78 is 15.5. The van der Waals surface area contributed by atoms with Gasteiger partial charge in [-0.05, 0) is 36.8 Å². The van der Waals surface area contributed by atoms with E-state index in [4.69, 9.17) is 14.2 Å². The Labute approximate surface area is 185 Å². The highest BCUT2D eigenvalue weighted by molar-refractivity contribution is 6.22. The Morgan fingerprint density at radius 3 is 2.12 bits per heavy atom. The molecular weight excluding hydrogens is 416 g/mol. The summed E-state index contributed by atoms with van der Waals surface area (Å²) in [5.74, 6) is -1.24. The lowest BCUT2D eigenvalue weighted by atomic mass is 10.1. The fourth-order valence-corrected chi connectivity index (χ4v) is 3.37. The molecule has 0 N–H and O–H groups in total. The van der Waals surface area contributed by atoms with E-state index in [1.807, 2.05) is 6.07 Å². The number of ether oxygens (including phenoxy) is 3. The van der Waals surface area contributed by atoms with Crippen molar-refractivity contribution in [2.45, 2.75) is 13.5 Å². The van der Waals surface area contributed by atoms with Crippen LogP contribution < -0.4 is 9.47 Å². The molecule has 9 nitrogen and oxygen atoms in total. The number of nitrogens with zero attached hydrogens (tertiary/aromatic N) is 2. The molecule has 2 aromatic carbocycles. The highest BCUT2D eigenvalue weighted by atomic mass is 16.5. The summed E-state index contributed by atoms with van der Waals surface area (Å²) in [6.07, 6.45) is 0. The van der Waals surface area contributed by atoms with Crippen molar-refractivity contribution >= 4 is 23.7 Å². The number of amides is 3. The zero-order valence-electron chi connectivity index (χ0n) is 18.1. The number of esters is 1. The molecule has 1 aliphatic rings. The monoisotopic (exact) mass is 440 g/mol. The van der Waals surface area contributed by atoms with Crippen molar-refractivity contribution in [3.63, 3.8) is 0 Å². The van der Waals surface area contributed by atoms with Crippen LogP contribution in [0.15, 0.2) is 42.5 Å². The zero-order valence-corrected chi connectivity index (χ0v) is 18.1. The molecule has 168 valence electrons. The highest BCUT2D eigenvalue weighted by Gasteiger charge is 2.36. The Balaban J connectivity index is 1.56. The first-order chi connectivity index (χ1) is 15.4. The molecule has 2 aromatic rings. The molecule has 9 heteroatoms. The standard InChI is InChI=1S/C23H24N2O7/c1-4-24(12-15-9-10-18(30-2)19(11-15)31-3)20(26)14-32-21(27)13-25-22(28)16-7-5-6-8-17(16)23(25)29/h5-11H,4,12-14H2,1-3H3. The number of imide groups is 1. The van der Waals surface area contributed by atoms with Crippen LogP contribution in [0.3, 0.4) is 0 Å². The van der Waals surface area contributed by atoms with Gasteiger partial charge in [-0.15, -0.1) is 0 Å². The molecule has 0 saturated carbocycles. The maximum atomic E-state index is 12.6. The van der Waals surface area contributed by atoms with Gasteiger partial charge in [0, 0.05) is 13.1 Å². The Morgan fingerprint density at radius 1 is 0.938 bits per heavy atom. The van der Waals surface area contributed by atoms with E-state index in [0.29, 0.717) is 18.0 Å². The predicted molar refractivity (Wildman–Crippen MR) is 113 cm³/mol. The number of benzene rings is 2. The normalized spacial score (nSPS) is 12.4. The van der Waals surface area contributed by atoms with Crippen molar-refractivity contribution in [3.8, 4) is 11.5 Å². The minimum atomic E-state index is -0.838. The lowest BCUT2D eigenvalue weighted by Gasteiger charge is -2.22. The molecule has 0 bridgehead atoms. The molecule has 0 unspecified atom stereocenters. The van der Waals surface area contributed by atoms with Gasteiger partial charge in [0.15, 0.2) is 18.1 Å². The van der Waals surface area contributed by atoms with Gasteiger partial charge >= 0.3 is 5.97 Å². The minimum Gasteiger partial charge on any atom is -0.493 e. The van der Waals surface area contributed by atoms with Crippen molar-refractivity contribution in [1.29, 1.82) is 0 Å². The molecule has 0 aliphatic carbocycles. The maximum Gasteiger partial charge on any atom is 0.326 e. The third-order valence-corrected chi connectivity index (χ3v) is 5.08. The fourth-order valence-electron chi connectivity index (χ4n) is 3.37. The molecule has 0 radical (unpaired) electrons. The second kappa shape index (κ2) is 9.95. The summed E-state index contributed by atoms with van der Waals surface area (Å²) >= 11 is 0. The van der Waals surface area contributed by atoms with E-state index in [2.05, 4.69) is 0 Å². The molecule has 0 fully saturated rings. The van der Waals surface area contributed by atoms with Crippen LogP contribution in [0.25, 0.3) is 0 Å². The number of rotatable bonds is 9. The van der Waals surface area contributed by atoms with Crippen molar-refractivity contribution in [3.05, 3.63) is 59.2 Å². The maximum absolute atomic E-state index is 12.6. The van der Waals surface area contributed by atoms with Gasteiger partial charge < -0.3 is 19.1 Å². The quantitative estimate of drug-likeness (QED) is 0.433. The Hall–Kier alpha value is -3.88. The van der Waals surface area contributed by atoms with Crippen molar-refractivity contribution in [2.24, 2.45) is 0 Å². The number of carbonyl (C=O) groups excluding carboxylic acids is 4. The highest BCUT2D eigenvalue weighted by Crippen LogP contribution is 2.28.